The number of aromatic nitrogens is 4. The van der Waals surface area contributed by atoms with E-state index < -0.39 is 52.4 Å². The van der Waals surface area contributed by atoms with Crippen LogP contribution in [0.2, 0.25) is 0 Å². The van der Waals surface area contributed by atoms with Gasteiger partial charge in [-0.2, -0.15) is 9.29 Å². The van der Waals surface area contributed by atoms with Gasteiger partial charge in [0.05, 0.1) is 12.9 Å². The van der Waals surface area contributed by atoms with Crippen LogP contribution in [0.5, 0.6) is 0 Å². The average molecular weight is 866 g/mol. The minimum atomic E-state index is -5.05. The molecule has 21 nitrogen and oxygen atoms in total. The van der Waals surface area contributed by atoms with Gasteiger partial charge in [-0.3, -0.25) is 14.3 Å². The van der Waals surface area contributed by atoms with Crippen LogP contribution in [0, 0.1) is 0 Å². The molecule has 340 valence electrons. The molecule has 0 unspecified atom stereocenters. The lowest BCUT2D eigenvalue weighted by atomic mass is 10.1. The molecule has 1 fully saturated rings. The number of anilines is 1. The molecular weight excluding hydrogens is 788 g/mol. The number of hydrogen-bond donors (Lipinski definition) is 9. The van der Waals surface area contributed by atoms with Crippen molar-refractivity contribution in [1.29, 1.82) is 0 Å². The summed E-state index contributed by atoms with van der Waals surface area (Å²) in [6.45, 7) is 40.1. The summed E-state index contributed by atoms with van der Waals surface area (Å²) < 4.78 is 28.9. The number of nitrogens with one attached hydrogen (secondary N) is 1. The van der Waals surface area contributed by atoms with Crippen molar-refractivity contribution in [1.82, 2.24) is 39.1 Å². The van der Waals surface area contributed by atoms with Crippen molar-refractivity contribution in [3.63, 3.8) is 0 Å². The molecule has 2 aromatic heterocycles. The Morgan fingerprint density at radius 3 is 1.26 bits per heavy atom. The smallest absolute Gasteiger partial charge is 0.394 e. The first-order valence-electron chi connectivity index (χ1n) is 19.7. The number of rotatable bonds is 16. The first-order valence-corrected chi connectivity index (χ1v) is 22.7. The van der Waals surface area contributed by atoms with E-state index in [4.69, 9.17) is 35.2 Å². The number of nitrogen functional groups attached to an aromatic ring is 1. The molecule has 0 bridgehead atoms. The Morgan fingerprint density at radius 2 is 1.04 bits per heavy atom. The fourth-order valence-electron chi connectivity index (χ4n) is 5.06. The van der Waals surface area contributed by atoms with Crippen LogP contribution < -0.4 is 11.3 Å². The van der Waals surface area contributed by atoms with E-state index in [9.17, 15) is 24.1 Å². The minimum Gasteiger partial charge on any atom is -0.394 e. The Hall–Kier alpha value is -1.91. The number of aliphatic hydroxyl groups excluding tert-OH is 3. The molecule has 2 aromatic rings. The fraction of sp³-hybridized carbons (Fsp3) is 0.853. The molecular formula is C34H77N9O12P2. The third-order valence-electron chi connectivity index (χ3n) is 8.82. The Kier molecular flexibility index (Phi) is 34.3. The Bertz CT molecular complexity index is 1320. The van der Waals surface area contributed by atoms with Crippen LogP contribution in [0.3, 0.4) is 0 Å². The van der Waals surface area contributed by atoms with E-state index in [0.29, 0.717) is 0 Å². The van der Waals surface area contributed by atoms with E-state index in [-0.39, 0.29) is 17.1 Å². The second-order valence-electron chi connectivity index (χ2n) is 12.0. The predicted molar refractivity (Wildman–Crippen MR) is 225 cm³/mol. The van der Waals surface area contributed by atoms with Gasteiger partial charge in [0.25, 0.3) is 5.56 Å². The van der Waals surface area contributed by atoms with Gasteiger partial charge in [-0.05, 0) is 78.5 Å². The molecule has 3 rings (SSSR count). The summed E-state index contributed by atoms with van der Waals surface area (Å²) in [6, 6.07) is 0. The highest BCUT2D eigenvalue weighted by Crippen LogP contribution is 2.53. The summed E-state index contributed by atoms with van der Waals surface area (Å²) in [4.78, 5) is 62.3. The molecule has 1 saturated heterocycles. The summed E-state index contributed by atoms with van der Waals surface area (Å²) in [5, 5.41) is 28.7. The maximum absolute atomic E-state index is 11.7. The Morgan fingerprint density at radius 1 is 0.702 bits per heavy atom. The zero-order valence-corrected chi connectivity index (χ0v) is 38.1. The average Bonchev–Trinajstić information content (AvgIpc) is 3.70. The second-order valence-corrected chi connectivity index (χ2v) is 14.7. The molecule has 4 atom stereocenters. The second kappa shape index (κ2) is 32.9. The van der Waals surface area contributed by atoms with E-state index in [1.165, 1.54) is 89.4 Å². The lowest BCUT2D eigenvalue weighted by molar-refractivity contribution is -0.0511. The number of ether oxygens (including phenoxy) is 1. The number of H-pyrrole nitrogens is 1. The van der Waals surface area contributed by atoms with Crippen molar-refractivity contribution < 1.29 is 53.1 Å². The van der Waals surface area contributed by atoms with Gasteiger partial charge in [0.15, 0.2) is 17.4 Å². The van der Waals surface area contributed by atoms with Gasteiger partial charge in [-0.15, -0.1) is 0 Å². The van der Waals surface area contributed by atoms with Gasteiger partial charge in [-0.25, -0.2) is 14.1 Å². The molecule has 1 aliphatic rings. The van der Waals surface area contributed by atoms with Crippen LogP contribution in [0.25, 0.3) is 11.2 Å². The number of imidazole rings is 1. The zero-order valence-electron chi connectivity index (χ0n) is 36.4. The summed E-state index contributed by atoms with van der Waals surface area (Å²) in [5.41, 5.74) is 5.12. The molecule has 0 radical (unpaired) electrons. The SMILES string of the molecule is CCN(CC)CC.CCN(CC)CC.CCN(CC)CC.CCN(CC)CC.Nc1nc2c(ncn2[C@@H]2O[C@H](CO)[C@@H](O)[C@H]2O)c(=O)[nH]1.O=P(O)(O)OP(=O)(O)O. The molecule has 0 spiro atoms. The molecule has 0 saturated carbocycles. The van der Waals surface area contributed by atoms with Crippen LogP contribution in [-0.2, 0) is 18.2 Å². The van der Waals surface area contributed by atoms with E-state index in [0.717, 1.165) is 0 Å². The highest BCUT2D eigenvalue weighted by Gasteiger charge is 2.44. The van der Waals surface area contributed by atoms with Crippen molar-refractivity contribution in [3.8, 4) is 0 Å². The maximum atomic E-state index is 11.7. The lowest BCUT2D eigenvalue weighted by Gasteiger charge is -2.16. The molecule has 0 aromatic carbocycles. The number of phosphoric acid groups is 2. The highest BCUT2D eigenvalue weighted by molar-refractivity contribution is 7.60. The largest absolute Gasteiger partial charge is 0.478 e. The van der Waals surface area contributed by atoms with Crippen molar-refractivity contribution in [3.05, 3.63) is 16.7 Å². The van der Waals surface area contributed by atoms with Gasteiger partial charge in [0.2, 0.25) is 5.95 Å². The van der Waals surface area contributed by atoms with Gasteiger partial charge in [0.1, 0.15) is 18.3 Å². The summed E-state index contributed by atoms with van der Waals surface area (Å²) in [5.74, 6) is -0.101. The quantitative estimate of drug-likeness (QED) is 0.109. The van der Waals surface area contributed by atoms with Crippen molar-refractivity contribution in [2.24, 2.45) is 0 Å². The van der Waals surface area contributed by atoms with Crippen molar-refractivity contribution in [2.45, 2.75) is 108 Å². The molecule has 10 N–H and O–H groups in total. The highest BCUT2D eigenvalue weighted by atomic mass is 31.3. The molecule has 57 heavy (non-hydrogen) atoms. The fourth-order valence-corrected chi connectivity index (χ4v) is 6.17. The standard InChI is InChI=1S/C10H13N5O5.4C6H15N.H4O7P2/c11-10-13-7-4(8(19)14-10)12-2-15(7)9-6(18)5(17)3(1-16)20-9;4*1-4-7(5-2)6-3;1-8(2,3)7-9(4,5)6/h2-3,5-6,9,16-18H,1H2,(H3,11,13,14,19);4*4-6H2,1-3H3;(H2,1,2,3)(H2,4,5,6)/t3-,5-,6-,9-;;;;;/m1...../s1. The zero-order chi connectivity index (χ0) is 44.9. The van der Waals surface area contributed by atoms with E-state index in [1.807, 2.05) is 0 Å². The first kappa shape index (κ1) is 59.4. The normalized spacial score (nSPS) is 17.8. The van der Waals surface area contributed by atoms with Crippen LogP contribution in [-0.4, -0.2) is 177 Å². The minimum absolute atomic E-state index is 0.0388. The Labute approximate surface area is 339 Å². The number of nitrogens with two attached hydrogens (primary N) is 1. The molecule has 0 amide bonds. The topological polar surface area (TPSA) is 297 Å². The summed E-state index contributed by atoms with van der Waals surface area (Å²) >= 11 is 0. The predicted octanol–water partition coefficient (Wildman–Crippen LogP) is 1.89. The lowest BCUT2D eigenvalue weighted by Crippen LogP contribution is -2.33. The number of hydrogen-bond acceptors (Lipinski definition) is 15. The van der Waals surface area contributed by atoms with Crippen LogP contribution in [0.4, 0.5) is 5.95 Å². The molecule has 1 aliphatic heterocycles. The van der Waals surface area contributed by atoms with Gasteiger partial charge in [-0.1, -0.05) is 83.1 Å². The van der Waals surface area contributed by atoms with Crippen LogP contribution in [0.15, 0.2) is 11.1 Å². The number of aromatic amines is 1. The van der Waals surface area contributed by atoms with Crippen LogP contribution >= 0.6 is 15.6 Å². The van der Waals surface area contributed by atoms with E-state index >= 15 is 0 Å². The van der Waals surface area contributed by atoms with Crippen molar-refractivity contribution >= 4 is 32.8 Å². The Balaban J connectivity index is -0.000000670. The first-order chi connectivity index (χ1) is 26.6. The third kappa shape index (κ3) is 26.0. The number of fused-ring (bicyclic) bond motifs is 1. The number of nitrogens with zero attached hydrogens (tertiary/aromatic N) is 7. The monoisotopic (exact) mass is 866 g/mol. The van der Waals surface area contributed by atoms with Crippen LogP contribution in [0.1, 0.15) is 89.3 Å². The van der Waals surface area contributed by atoms with E-state index in [2.05, 4.69) is 122 Å². The maximum Gasteiger partial charge on any atom is 0.478 e. The summed E-state index contributed by atoms with van der Waals surface area (Å²) in [6.07, 6.45) is -3.21. The molecule has 23 heteroatoms. The van der Waals surface area contributed by atoms with Gasteiger partial charge in [0, 0.05) is 0 Å². The molecule has 3 heterocycles. The van der Waals surface area contributed by atoms with E-state index in [1.54, 1.807) is 0 Å². The van der Waals surface area contributed by atoms with Crippen molar-refractivity contribution in [2.75, 3.05) is 90.9 Å². The van der Waals surface area contributed by atoms with Gasteiger partial charge < -0.3 is 65.0 Å². The number of aliphatic hydroxyl groups is 3. The van der Waals surface area contributed by atoms with Gasteiger partial charge >= 0.3 is 15.6 Å². The summed E-state index contributed by atoms with van der Waals surface area (Å²) in [7, 11) is -10.1. The molecule has 0 aliphatic carbocycles. The third-order valence-corrected chi connectivity index (χ3v) is 10.5.